The molecule has 0 radical (unpaired) electrons. The number of carbonyl (C=O) groups excluding carboxylic acids is 1. The lowest BCUT2D eigenvalue weighted by atomic mass is 10.1. The second-order valence-electron chi connectivity index (χ2n) is 7.48. The predicted molar refractivity (Wildman–Crippen MR) is 127 cm³/mol. The van der Waals surface area contributed by atoms with Crippen molar-refractivity contribution in [1.29, 1.82) is 0 Å². The van der Waals surface area contributed by atoms with E-state index in [0.717, 1.165) is 16.9 Å². The van der Waals surface area contributed by atoms with Crippen LogP contribution in [0.1, 0.15) is 21.9 Å². The minimum absolute atomic E-state index is 0.00623. The van der Waals surface area contributed by atoms with Gasteiger partial charge in [0, 0.05) is 5.56 Å². The van der Waals surface area contributed by atoms with Crippen molar-refractivity contribution in [3.63, 3.8) is 0 Å². The van der Waals surface area contributed by atoms with Crippen LogP contribution in [-0.4, -0.2) is 21.4 Å². The van der Waals surface area contributed by atoms with Crippen molar-refractivity contribution in [3.8, 4) is 22.6 Å². The zero-order valence-electron chi connectivity index (χ0n) is 18.6. The summed E-state index contributed by atoms with van der Waals surface area (Å²) in [7, 11) is -2.37. The first-order valence-corrected chi connectivity index (χ1v) is 11.9. The van der Waals surface area contributed by atoms with Crippen LogP contribution in [0.4, 0.5) is 0 Å². The Morgan fingerprint density at radius 2 is 1.47 bits per heavy atom. The normalized spacial score (nSPS) is 11.1. The van der Waals surface area contributed by atoms with Crippen LogP contribution >= 0.6 is 0 Å². The van der Waals surface area contributed by atoms with Gasteiger partial charge in [0.05, 0.1) is 12.0 Å². The van der Waals surface area contributed by atoms with Crippen molar-refractivity contribution in [3.05, 3.63) is 102 Å². The summed E-state index contributed by atoms with van der Waals surface area (Å²) in [5.41, 5.74) is 2.73. The van der Waals surface area contributed by atoms with E-state index in [1.807, 2.05) is 53.3 Å². The highest BCUT2D eigenvalue weighted by Gasteiger charge is 2.22. The molecule has 34 heavy (non-hydrogen) atoms. The Bertz CT molecular complexity index is 1380. The number of rotatable bonds is 8. The molecule has 1 amide bonds. The summed E-state index contributed by atoms with van der Waals surface area (Å²) in [5, 5.41) is 0. The first kappa shape index (κ1) is 23.1. The van der Waals surface area contributed by atoms with Crippen molar-refractivity contribution in [2.24, 2.45) is 0 Å². The number of furan rings is 1. The third-order valence-electron chi connectivity index (χ3n) is 5.20. The molecule has 1 N–H and O–H groups in total. The minimum Gasteiger partial charge on any atom is -0.497 e. The Balaban J connectivity index is 1.39. The van der Waals surface area contributed by atoms with Crippen LogP contribution in [0.5, 0.6) is 11.5 Å². The summed E-state index contributed by atoms with van der Waals surface area (Å²) in [6.45, 7) is 1.85. The molecule has 0 saturated carbocycles. The molecule has 0 unspecified atom stereocenters. The zero-order chi connectivity index (χ0) is 24.1. The molecule has 7 nitrogen and oxygen atoms in total. The van der Waals surface area contributed by atoms with E-state index >= 15 is 0 Å². The van der Waals surface area contributed by atoms with Crippen molar-refractivity contribution in [2.45, 2.75) is 18.4 Å². The fourth-order valence-electron chi connectivity index (χ4n) is 3.29. The molecule has 0 aliphatic heterocycles. The summed E-state index contributed by atoms with van der Waals surface area (Å²) in [6.07, 6.45) is 0. The van der Waals surface area contributed by atoms with Gasteiger partial charge in [-0.2, -0.15) is 0 Å². The number of methoxy groups -OCH3 is 1. The van der Waals surface area contributed by atoms with Crippen LogP contribution < -0.4 is 14.2 Å². The maximum atomic E-state index is 12.5. The molecule has 0 aliphatic carbocycles. The van der Waals surface area contributed by atoms with Gasteiger partial charge in [0.25, 0.3) is 10.0 Å². The van der Waals surface area contributed by atoms with E-state index in [1.54, 1.807) is 32.2 Å². The monoisotopic (exact) mass is 477 g/mol. The summed E-state index contributed by atoms with van der Waals surface area (Å²) < 4.78 is 43.3. The van der Waals surface area contributed by atoms with Crippen molar-refractivity contribution in [2.75, 3.05) is 7.11 Å². The summed E-state index contributed by atoms with van der Waals surface area (Å²) in [5.74, 6) is 0.963. The van der Waals surface area contributed by atoms with Crippen LogP contribution in [0.25, 0.3) is 11.1 Å². The molecule has 8 heteroatoms. The molecule has 0 saturated heterocycles. The highest BCUT2D eigenvalue weighted by atomic mass is 32.2. The molecule has 0 aliphatic rings. The number of carbonyl (C=O) groups is 1. The Kier molecular flexibility index (Phi) is 6.70. The molecule has 1 heterocycles. The number of benzene rings is 3. The smallest absolute Gasteiger partial charge is 0.300 e. The molecule has 0 bridgehead atoms. The maximum absolute atomic E-state index is 12.5. The largest absolute Gasteiger partial charge is 0.497 e. The Morgan fingerprint density at radius 1 is 0.882 bits per heavy atom. The van der Waals surface area contributed by atoms with Gasteiger partial charge in [-0.1, -0.05) is 42.5 Å². The van der Waals surface area contributed by atoms with E-state index < -0.39 is 15.9 Å². The second-order valence-corrected chi connectivity index (χ2v) is 9.16. The first-order valence-electron chi connectivity index (χ1n) is 10.4. The van der Waals surface area contributed by atoms with Gasteiger partial charge in [0.2, 0.25) is 0 Å². The van der Waals surface area contributed by atoms with Gasteiger partial charge >= 0.3 is 5.91 Å². The number of hydrogen-bond acceptors (Lipinski definition) is 6. The Hall–Kier alpha value is -4.04. The van der Waals surface area contributed by atoms with Gasteiger partial charge in [-0.3, -0.25) is 4.79 Å². The lowest BCUT2D eigenvalue weighted by Crippen LogP contribution is -2.30. The third-order valence-corrected chi connectivity index (χ3v) is 6.54. The highest BCUT2D eigenvalue weighted by molar-refractivity contribution is 7.90. The van der Waals surface area contributed by atoms with E-state index in [2.05, 4.69) is 0 Å². The summed E-state index contributed by atoms with van der Waals surface area (Å²) >= 11 is 0. The summed E-state index contributed by atoms with van der Waals surface area (Å²) in [6, 6.07) is 24.5. The van der Waals surface area contributed by atoms with Crippen LogP contribution in [0.3, 0.4) is 0 Å². The number of hydrogen-bond donors (Lipinski definition) is 1. The summed E-state index contributed by atoms with van der Waals surface area (Å²) in [4.78, 5) is 12.4. The van der Waals surface area contributed by atoms with Crippen LogP contribution in [0.15, 0.2) is 94.2 Å². The lowest BCUT2D eigenvalue weighted by Gasteiger charge is -2.07. The van der Waals surface area contributed by atoms with E-state index in [9.17, 15) is 13.2 Å². The number of amides is 1. The average Bonchev–Trinajstić information content (AvgIpc) is 3.24. The van der Waals surface area contributed by atoms with Gasteiger partial charge in [0.1, 0.15) is 23.9 Å². The molecular formula is C26H23NO6S. The van der Waals surface area contributed by atoms with E-state index in [-0.39, 0.29) is 17.3 Å². The van der Waals surface area contributed by atoms with Gasteiger partial charge in [-0.15, -0.1) is 0 Å². The van der Waals surface area contributed by atoms with Crippen molar-refractivity contribution in [1.82, 2.24) is 4.72 Å². The number of aryl methyl sites for hydroxylation is 1. The van der Waals surface area contributed by atoms with Crippen LogP contribution in [-0.2, 0) is 16.6 Å². The molecule has 1 aromatic heterocycles. The van der Waals surface area contributed by atoms with Crippen molar-refractivity contribution >= 4 is 15.9 Å². The fourth-order valence-corrected chi connectivity index (χ4v) is 4.27. The molecule has 0 fully saturated rings. The molecule has 4 aromatic rings. The number of sulfonamides is 1. The van der Waals surface area contributed by atoms with E-state index in [4.69, 9.17) is 13.9 Å². The molecule has 174 valence electrons. The van der Waals surface area contributed by atoms with Crippen LogP contribution in [0, 0.1) is 6.92 Å². The number of nitrogens with one attached hydrogen (secondary N) is 1. The lowest BCUT2D eigenvalue weighted by molar-refractivity contribution is 0.0953. The zero-order valence-corrected chi connectivity index (χ0v) is 19.5. The Labute approximate surface area is 198 Å². The van der Waals surface area contributed by atoms with Gasteiger partial charge in [0.15, 0.2) is 5.76 Å². The van der Waals surface area contributed by atoms with E-state index in [1.165, 1.54) is 18.2 Å². The molecule has 3 aromatic carbocycles. The second kappa shape index (κ2) is 9.84. The number of ether oxygens (including phenoxy) is 2. The molecule has 0 atom stereocenters. The first-order chi connectivity index (χ1) is 16.4. The molecular weight excluding hydrogens is 454 g/mol. The molecule has 4 rings (SSSR count). The Morgan fingerprint density at radius 3 is 2.06 bits per heavy atom. The third kappa shape index (κ3) is 5.29. The quantitative estimate of drug-likeness (QED) is 0.385. The molecule has 0 spiro atoms. The van der Waals surface area contributed by atoms with Gasteiger partial charge in [-0.05, 0) is 60.5 Å². The SMILES string of the molecule is COc1ccc(-c2ccc(OCc3cc(C(=O)NS(=O)(=O)c4ccccc4)oc3C)cc2)cc1. The van der Waals surface area contributed by atoms with E-state index in [0.29, 0.717) is 17.1 Å². The van der Waals surface area contributed by atoms with Crippen molar-refractivity contribution < 1.29 is 27.1 Å². The highest BCUT2D eigenvalue weighted by Crippen LogP contribution is 2.25. The minimum atomic E-state index is -4.00. The van der Waals surface area contributed by atoms with Gasteiger partial charge < -0.3 is 13.9 Å². The fraction of sp³-hybridized carbons (Fsp3) is 0.115. The maximum Gasteiger partial charge on any atom is 0.300 e. The van der Waals surface area contributed by atoms with Crippen LogP contribution in [0.2, 0.25) is 0 Å². The predicted octanol–water partition coefficient (Wildman–Crippen LogP) is 4.96. The average molecular weight is 478 g/mol. The van der Waals surface area contributed by atoms with Gasteiger partial charge in [-0.25, -0.2) is 13.1 Å². The topological polar surface area (TPSA) is 94.8 Å². The standard InChI is InChI=1S/C26H23NO6S/c1-18-21(16-25(33-18)26(28)27-34(29,30)24-6-4-3-5-7-24)17-32-23-14-10-20(11-15-23)19-8-12-22(31-2)13-9-19/h3-16H,17H2,1-2H3,(H,27,28).